The molecule has 106 valence electrons. The van der Waals surface area contributed by atoms with Crippen LogP contribution in [-0.4, -0.2) is 18.3 Å². The van der Waals surface area contributed by atoms with Crippen molar-refractivity contribution in [2.75, 3.05) is 12.3 Å². The monoisotopic (exact) mass is 317 g/mol. The lowest BCUT2D eigenvalue weighted by atomic mass is 9.95. The summed E-state index contributed by atoms with van der Waals surface area (Å²) in [4.78, 5) is 1.09. The summed E-state index contributed by atoms with van der Waals surface area (Å²) in [6.07, 6.45) is 8.08. The maximum absolute atomic E-state index is 6.14. The van der Waals surface area contributed by atoms with E-state index in [1.807, 2.05) is 18.2 Å². The van der Waals surface area contributed by atoms with Crippen LogP contribution in [0.25, 0.3) is 0 Å². The number of nitrogens with one attached hydrogen (secondary N) is 1. The van der Waals surface area contributed by atoms with Crippen LogP contribution in [0.5, 0.6) is 0 Å². The van der Waals surface area contributed by atoms with Gasteiger partial charge in [-0.2, -0.15) is 0 Å². The highest BCUT2D eigenvalue weighted by atomic mass is 35.5. The molecule has 0 unspecified atom stereocenters. The van der Waals surface area contributed by atoms with Gasteiger partial charge in [0.05, 0.1) is 5.02 Å². The van der Waals surface area contributed by atoms with Gasteiger partial charge in [0.15, 0.2) is 0 Å². The van der Waals surface area contributed by atoms with Crippen LogP contribution in [0.4, 0.5) is 0 Å². The Bertz CT molecular complexity index is 392. The fourth-order valence-electron chi connectivity index (χ4n) is 2.46. The van der Waals surface area contributed by atoms with Crippen LogP contribution < -0.4 is 5.32 Å². The number of benzene rings is 1. The van der Waals surface area contributed by atoms with Crippen LogP contribution in [0, 0.1) is 0 Å². The molecule has 0 bridgehead atoms. The van der Waals surface area contributed by atoms with E-state index in [9.17, 15) is 0 Å². The third kappa shape index (κ3) is 5.55. The van der Waals surface area contributed by atoms with Gasteiger partial charge in [0.25, 0.3) is 0 Å². The van der Waals surface area contributed by atoms with Crippen LogP contribution >= 0.6 is 35.0 Å². The zero-order valence-electron chi connectivity index (χ0n) is 11.1. The van der Waals surface area contributed by atoms with E-state index in [0.29, 0.717) is 0 Å². The maximum atomic E-state index is 6.14. The highest BCUT2D eigenvalue weighted by Gasteiger charge is 2.11. The van der Waals surface area contributed by atoms with Gasteiger partial charge in [-0.1, -0.05) is 42.5 Å². The molecule has 0 radical (unpaired) electrons. The number of hydrogen-bond donors (Lipinski definition) is 1. The number of hydrogen-bond acceptors (Lipinski definition) is 2. The van der Waals surface area contributed by atoms with Crippen molar-refractivity contribution in [2.45, 2.75) is 49.5 Å². The first-order valence-corrected chi connectivity index (χ1v) is 8.81. The van der Waals surface area contributed by atoms with E-state index in [2.05, 4.69) is 5.32 Å². The summed E-state index contributed by atoms with van der Waals surface area (Å²) in [5.41, 5.74) is 0. The molecule has 1 saturated carbocycles. The van der Waals surface area contributed by atoms with Gasteiger partial charge in [0.2, 0.25) is 0 Å². The van der Waals surface area contributed by atoms with Gasteiger partial charge >= 0.3 is 0 Å². The zero-order chi connectivity index (χ0) is 13.5. The summed E-state index contributed by atoms with van der Waals surface area (Å²) in [5, 5.41) is 5.22. The Morgan fingerprint density at radius 3 is 2.74 bits per heavy atom. The molecule has 1 aliphatic carbocycles. The summed E-state index contributed by atoms with van der Waals surface area (Å²) in [6.45, 7) is 1.11. The topological polar surface area (TPSA) is 12.0 Å². The highest BCUT2D eigenvalue weighted by Crippen LogP contribution is 2.30. The average molecular weight is 318 g/mol. The Kier molecular flexibility index (Phi) is 6.86. The molecule has 0 heterocycles. The standard InChI is InChI=1S/C15H21Cl2NS/c16-12-7-8-14(17)15(11-12)19-10-4-9-18-13-5-2-1-3-6-13/h7-8,11,13,18H,1-6,9-10H2. The molecule has 1 aromatic rings. The second-order valence-electron chi connectivity index (χ2n) is 5.07. The quantitative estimate of drug-likeness (QED) is 0.557. The Balaban J connectivity index is 1.62. The first-order valence-electron chi connectivity index (χ1n) is 7.07. The highest BCUT2D eigenvalue weighted by molar-refractivity contribution is 7.99. The largest absolute Gasteiger partial charge is 0.314 e. The van der Waals surface area contributed by atoms with Crippen LogP contribution in [0.1, 0.15) is 38.5 Å². The zero-order valence-corrected chi connectivity index (χ0v) is 13.5. The predicted molar refractivity (Wildman–Crippen MR) is 86.7 cm³/mol. The fraction of sp³-hybridized carbons (Fsp3) is 0.600. The molecular weight excluding hydrogens is 297 g/mol. The molecule has 1 nitrogen and oxygen atoms in total. The summed E-state index contributed by atoms with van der Waals surface area (Å²) in [6, 6.07) is 6.40. The van der Waals surface area contributed by atoms with Crippen molar-refractivity contribution in [3.8, 4) is 0 Å². The average Bonchev–Trinajstić information content (AvgIpc) is 2.43. The minimum Gasteiger partial charge on any atom is -0.314 e. The van der Waals surface area contributed by atoms with Crippen molar-refractivity contribution in [1.29, 1.82) is 0 Å². The molecule has 1 N–H and O–H groups in total. The van der Waals surface area contributed by atoms with Crippen LogP contribution in [0.15, 0.2) is 23.1 Å². The number of rotatable bonds is 6. The predicted octanol–water partition coefficient (Wildman–Crippen LogP) is 5.40. The van der Waals surface area contributed by atoms with E-state index >= 15 is 0 Å². The lowest BCUT2D eigenvalue weighted by Crippen LogP contribution is -2.31. The molecule has 0 atom stereocenters. The number of thioether (sulfide) groups is 1. The Morgan fingerprint density at radius 1 is 1.16 bits per heavy atom. The molecule has 0 aliphatic heterocycles. The van der Waals surface area contributed by atoms with Crippen molar-refractivity contribution < 1.29 is 0 Å². The Labute approximate surface area is 130 Å². The molecular formula is C15H21Cl2NS. The number of halogens is 2. The molecule has 0 amide bonds. The second kappa shape index (κ2) is 8.41. The van der Waals surface area contributed by atoms with Gasteiger partial charge < -0.3 is 5.32 Å². The SMILES string of the molecule is Clc1ccc(Cl)c(SCCCNC2CCCCC2)c1. The summed E-state index contributed by atoms with van der Waals surface area (Å²) in [5.74, 6) is 1.08. The Morgan fingerprint density at radius 2 is 1.95 bits per heavy atom. The minimum atomic E-state index is 0.757. The first kappa shape index (κ1) is 15.5. The van der Waals surface area contributed by atoms with Gasteiger partial charge in [-0.25, -0.2) is 0 Å². The summed E-state index contributed by atoms with van der Waals surface area (Å²) < 4.78 is 0. The van der Waals surface area contributed by atoms with E-state index in [0.717, 1.165) is 33.3 Å². The lowest BCUT2D eigenvalue weighted by Gasteiger charge is -2.22. The van der Waals surface area contributed by atoms with Crippen molar-refractivity contribution in [1.82, 2.24) is 5.32 Å². The van der Waals surface area contributed by atoms with Gasteiger partial charge in [-0.05, 0) is 49.8 Å². The summed E-state index contributed by atoms with van der Waals surface area (Å²) in [7, 11) is 0. The van der Waals surface area contributed by atoms with E-state index in [-0.39, 0.29) is 0 Å². The van der Waals surface area contributed by atoms with Gasteiger partial charge in [0, 0.05) is 16.0 Å². The summed E-state index contributed by atoms with van der Waals surface area (Å²) >= 11 is 13.9. The smallest absolute Gasteiger partial charge is 0.0542 e. The molecule has 4 heteroatoms. The first-order chi connectivity index (χ1) is 9.25. The van der Waals surface area contributed by atoms with E-state index in [1.54, 1.807) is 11.8 Å². The van der Waals surface area contributed by atoms with Crippen molar-refractivity contribution in [3.05, 3.63) is 28.2 Å². The van der Waals surface area contributed by atoms with E-state index in [1.165, 1.54) is 38.5 Å². The van der Waals surface area contributed by atoms with Crippen molar-refractivity contribution in [3.63, 3.8) is 0 Å². The maximum Gasteiger partial charge on any atom is 0.0542 e. The lowest BCUT2D eigenvalue weighted by molar-refractivity contribution is 0.375. The Hall–Kier alpha value is 0.110. The second-order valence-corrected chi connectivity index (χ2v) is 7.05. The van der Waals surface area contributed by atoms with Crippen LogP contribution in [-0.2, 0) is 0 Å². The molecule has 1 aliphatic rings. The van der Waals surface area contributed by atoms with Crippen LogP contribution in [0.3, 0.4) is 0 Å². The van der Waals surface area contributed by atoms with Gasteiger partial charge in [-0.15, -0.1) is 11.8 Å². The molecule has 1 fully saturated rings. The van der Waals surface area contributed by atoms with Crippen molar-refractivity contribution >= 4 is 35.0 Å². The molecule has 1 aromatic carbocycles. The van der Waals surface area contributed by atoms with E-state index in [4.69, 9.17) is 23.2 Å². The minimum absolute atomic E-state index is 0.757. The molecule has 0 spiro atoms. The normalized spacial score (nSPS) is 16.7. The van der Waals surface area contributed by atoms with Crippen molar-refractivity contribution in [2.24, 2.45) is 0 Å². The van der Waals surface area contributed by atoms with Crippen LogP contribution in [0.2, 0.25) is 10.0 Å². The van der Waals surface area contributed by atoms with Gasteiger partial charge in [0.1, 0.15) is 0 Å². The molecule has 0 aromatic heterocycles. The molecule has 0 saturated heterocycles. The van der Waals surface area contributed by atoms with Gasteiger partial charge in [-0.3, -0.25) is 0 Å². The fourth-order valence-corrected chi connectivity index (χ4v) is 3.90. The van der Waals surface area contributed by atoms with E-state index < -0.39 is 0 Å². The molecule has 2 rings (SSSR count). The molecule has 19 heavy (non-hydrogen) atoms. The third-order valence-electron chi connectivity index (χ3n) is 3.51. The third-order valence-corrected chi connectivity index (χ3v) is 5.33.